The zero-order valence-corrected chi connectivity index (χ0v) is 34.7. The zero-order valence-electron chi connectivity index (χ0n) is 34.7. The fourth-order valence-electron chi connectivity index (χ4n) is 10.9. The van der Waals surface area contributed by atoms with E-state index in [1.165, 1.54) is 81.8 Å². The highest BCUT2D eigenvalue weighted by molar-refractivity contribution is 6.16. The summed E-state index contributed by atoms with van der Waals surface area (Å²) in [5.41, 5.74) is 16.4. The smallest absolute Gasteiger partial charge is 0.0782 e. The third-order valence-electron chi connectivity index (χ3n) is 13.5. The molecule has 64 heavy (non-hydrogen) atoms. The average molecular weight is 815 g/mol. The summed E-state index contributed by atoms with van der Waals surface area (Å²) >= 11 is 0. The molecule has 0 unspecified atom stereocenters. The summed E-state index contributed by atoms with van der Waals surface area (Å²) in [5.74, 6) is 0. The molecule has 0 saturated carbocycles. The Morgan fingerprint density at radius 2 is 0.609 bits per heavy atom. The topological polar surface area (TPSA) is 19.7 Å². The highest BCUT2D eigenvalue weighted by Gasteiger charge is 2.22. The van der Waals surface area contributed by atoms with Gasteiger partial charge >= 0.3 is 0 Å². The van der Waals surface area contributed by atoms with Gasteiger partial charge in [-0.25, -0.2) is 0 Å². The van der Waals surface area contributed by atoms with Crippen LogP contribution in [0.25, 0.3) is 121 Å². The molecule has 0 spiro atoms. The standard InChI is InChI=1S/C60H38N4/c1-8-27-51(63-54-30-11-4-22-45(54)46-23-5-12-31-55(46)63)42(19-1)39-17-15-18-40(37-39)62-58-36-35-41(61-52-28-9-2-20-43(52)44-21-3-10-29-53(44)61)38-50(58)49-26-16-34-59(60(49)62)64-56-32-13-6-24-47(56)48-25-7-14-33-57(48)64/h1-38H. The van der Waals surface area contributed by atoms with E-state index in [1.54, 1.807) is 0 Å². The fourth-order valence-corrected chi connectivity index (χ4v) is 10.9. The Hall–Kier alpha value is -8.60. The second-order valence-corrected chi connectivity index (χ2v) is 16.9. The summed E-state index contributed by atoms with van der Waals surface area (Å²) in [6.45, 7) is 0. The minimum absolute atomic E-state index is 1.10. The van der Waals surface area contributed by atoms with Crippen molar-refractivity contribution in [2.24, 2.45) is 0 Å². The van der Waals surface area contributed by atoms with Gasteiger partial charge in [0.15, 0.2) is 0 Å². The van der Waals surface area contributed by atoms with Gasteiger partial charge < -0.3 is 18.3 Å². The predicted molar refractivity (Wildman–Crippen MR) is 269 cm³/mol. The number of benzene rings is 10. The third kappa shape index (κ3) is 4.88. The summed E-state index contributed by atoms with van der Waals surface area (Å²) in [7, 11) is 0. The lowest BCUT2D eigenvalue weighted by Gasteiger charge is -2.17. The zero-order chi connectivity index (χ0) is 41.9. The second kappa shape index (κ2) is 13.4. The minimum Gasteiger partial charge on any atom is -0.309 e. The molecule has 10 aromatic carbocycles. The monoisotopic (exact) mass is 814 g/mol. The molecule has 0 amide bonds. The van der Waals surface area contributed by atoms with Crippen LogP contribution in [0.1, 0.15) is 0 Å². The molecule has 0 bridgehead atoms. The van der Waals surface area contributed by atoms with E-state index in [0.717, 1.165) is 39.3 Å². The van der Waals surface area contributed by atoms with Crippen molar-refractivity contribution in [2.75, 3.05) is 0 Å². The molecule has 4 nitrogen and oxygen atoms in total. The van der Waals surface area contributed by atoms with E-state index in [-0.39, 0.29) is 0 Å². The first-order valence-electron chi connectivity index (χ1n) is 22.0. The van der Waals surface area contributed by atoms with Crippen LogP contribution in [0.2, 0.25) is 0 Å². The highest BCUT2D eigenvalue weighted by atomic mass is 15.1. The van der Waals surface area contributed by atoms with E-state index in [1.807, 2.05) is 0 Å². The molecular weight excluding hydrogens is 777 g/mol. The van der Waals surface area contributed by atoms with Gasteiger partial charge in [0.1, 0.15) is 0 Å². The largest absolute Gasteiger partial charge is 0.309 e. The lowest BCUT2D eigenvalue weighted by molar-refractivity contribution is 1.13. The second-order valence-electron chi connectivity index (χ2n) is 16.9. The Balaban J connectivity index is 1.06. The fraction of sp³-hybridized carbons (Fsp3) is 0. The molecule has 0 saturated heterocycles. The highest BCUT2D eigenvalue weighted by Crippen LogP contribution is 2.43. The molecule has 0 aliphatic rings. The molecule has 0 fully saturated rings. The van der Waals surface area contributed by atoms with Crippen molar-refractivity contribution < 1.29 is 0 Å². The number of hydrogen-bond acceptors (Lipinski definition) is 0. The van der Waals surface area contributed by atoms with Gasteiger partial charge in [-0.3, -0.25) is 0 Å². The van der Waals surface area contributed by atoms with E-state index in [0.29, 0.717) is 0 Å². The van der Waals surface area contributed by atoms with Crippen molar-refractivity contribution in [3.63, 3.8) is 0 Å². The van der Waals surface area contributed by atoms with Gasteiger partial charge in [0.25, 0.3) is 0 Å². The van der Waals surface area contributed by atoms with Crippen LogP contribution in [-0.4, -0.2) is 18.3 Å². The molecule has 4 aromatic heterocycles. The van der Waals surface area contributed by atoms with E-state index < -0.39 is 0 Å². The molecular formula is C60H38N4. The van der Waals surface area contributed by atoms with Gasteiger partial charge in [0.2, 0.25) is 0 Å². The minimum atomic E-state index is 1.10. The number of aromatic nitrogens is 4. The van der Waals surface area contributed by atoms with Crippen LogP contribution in [0.3, 0.4) is 0 Å². The first kappa shape index (κ1) is 35.0. The van der Waals surface area contributed by atoms with Crippen LogP contribution in [0, 0.1) is 0 Å². The van der Waals surface area contributed by atoms with E-state index >= 15 is 0 Å². The Kier molecular flexibility index (Phi) is 7.36. The predicted octanol–water partition coefficient (Wildman–Crippen LogP) is 15.7. The SMILES string of the molecule is c1cc(-c2ccccc2-n2c3ccccc3c3ccccc32)cc(-n2c3ccc(-n4c5ccccc5c5ccccc54)cc3c3cccc(-n4c5ccccc5c5ccccc54)c32)c1. The van der Waals surface area contributed by atoms with Crippen LogP contribution >= 0.6 is 0 Å². The molecule has 0 N–H and O–H groups in total. The van der Waals surface area contributed by atoms with Crippen LogP contribution in [0.5, 0.6) is 0 Å². The Bertz CT molecular complexity index is 4050. The summed E-state index contributed by atoms with van der Waals surface area (Å²) in [5, 5.41) is 9.92. The molecule has 0 aliphatic carbocycles. The molecule has 0 aliphatic heterocycles. The number of rotatable bonds is 5. The number of hydrogen-bond donors (Lipinski definition) is 0. The van der Waals surface area contributed by atoms with Crippen molar-refractivity contribution in [2.45, 2.75) is 0 Å². The van der Waals surface area contributed by atoms with Gasteiger partial charge in [-0.1, -0.05) is 152 Å². The molecule has 0 atom stereocenters. The maximum Gasteiger partial charge on any atom is 0.0782 e. The van der Waals surface area contributed by atoms with Gasteiger partial charge in [-0.2, -0.15) is 0 Å². The van der Waals surface area contributed by atoms with Crippen LogP contribution in [0.15, 0.2) is 231 Å². The molecule has 4 heteroatoms. The maximum absolute atomic E-state index is 2.51. The summed E-state index contributed by atoms with van der Waals surface area (Å²) in [6, 6.07) is 84.6. The molecule has 4 heterocycles. The van der Waals surface area contributed by atoms with Gasteiger partial charge in [-0.05, 0) is 84.4 Å². The lowest BCUT2D eigenvalue weighted by atomic mass is 10.0. The van der Waals surface area contributed by atoms with Crippen LogP contribution < -0.4 is 0 Å². The summed E-state index contributed by atoms with van der Waals surface area (Å²) < 4.78 is 9.84. The molecule has 14 aromatic rings. The quantitative estimate of drug-likeness (QED) is 0.165. The van der Waals surface area contributed by atoms with Crippen LogP contribution in [0.4, 0.5) is 0 Å². The van der Waals surface area contributed by atoms with Crippen molar-refractivity contribution in [1.82, 2.24) is 18.3 Å². The van der Waals surface area contributed by atoms with E-state index in [4.69, 9.17) is 0 Å². The average Bonchev–Trinajstić information content (AvgIpc) is 4.09. The molecule has 14 rings (SSSR count). The van der Waals surface area contributed by atoms with Gasteiger partial charge in [0.05, 0.1) is 55.5 Å². The Morgan fingerprint density at radius 1 is 0.219 bits per heavy atom. The maximum atomic E-state index is 2.51. The first-order valence-corrected chi connectivity index (χ1v) is 22.0. The van der Waals surface area contributed by atoms with Crippen molar-refractivity contribution >= 4 is 87.2 Å². The van der Waals surface area contributed by atoms with Crippen molar-refractivity contribution in [1.29, 1.82) is 0 Å². The van der Waals surface area contributed by atoms with E-state index in [9.17, 15) is 0 Å². The summed E-state index contributed by atoms with van der Waals surface area (Å²) in [4.78, 5) is 0. The third-order valence-corrected chi connectivity index (χ3v) is 13.5. The van der Waals surface area contributed by atoms with Crippen molar-refractivity contribution in [3.8, 4) is 33.9 Å². The Morgan fingerprint density at radius 3 is 1.16 bits per heavy atom. The number of fused-ring (bicyclic) bond motifs is 12. The van der Waals surface area contributed by atoms with E-state index in [2.05, 4.69) is 249 Å². The van der Waals surface area contributed by atoms with Gasteiger partial charge in [-0.15, -0.1) is 0 Å². The van der Waals surface area contributed by atoms with Gasteiger partial charge in [0, 0.05) is 60.0 Å². The lowest BCUT2D eigenvalue weighted by Crippen LogP contribution is -2.01. The number of nitrogens with zero attached hydrogens (tertiary/aromatic N) is 4. The Labute approximate surface area is 368 Å². The van der Waals surface area contributed by atoms with Crippen molar-refractivity contribution in [3.05, 3.63) is 231 Å². The normalized spacial score (nSPS) is 12.1. The molecule has 298 valence electrons. The molecule has 0 radical (unpaired) electrons. The van der Waals surface area contributed by atoms with Crippen LogP contribution in [-0.2, 0) is 0 Å². The summed E-state index contributed by atoms with van der Waals surface area (Å²) in [6.07, 6.45) is 0. The number of para-hydroxylation sites is 8. The first-order chi connectivity index (χ1) is 31.8.